The molecule has 5 N–H and O–H groups in total. The molecule has 0 saturated heterocycles. The minimum Gasteiger partial charge on any atom is -0.508 e. The van der Waals surface area contributed by atoms with E-state index in [4.69, 9.17) is 11.5 Å². The molecule has 3 heteroatoms. The summed E-state index contributed by atoms with van der Waals surface area (Å²) in [6.45, 7) is 1.98. The van der Waals surface area contributed by atoms with E-state index in [1.54, 1.807) is 24.3 Å². The van der Waals surface area contributed by atoms with Gasteiger partial charge in [-0.15, -0.1) is 0 Å². The zero-order valence-electron chi connectivity index (χ0n) is 9.07. The van der Waals surface area contributed by atoms with Crippen molar-refractivity contribution >= 4 is 11.4 Å². The second-order valence-corrected chi connectivity index (χ2v) is 3.85. The number of phenols is 1. The Morgan fingerprint density at radius 1 is 0.938 bits per heavy atom. The van der Waals surface area contributed by atoms with E-state index in [-0.39, 0.29) is 5.75 Å². The van der Waals surface area contributed by atoms with Gasteiger partial charge in [0.25, 0.3) is 0 Å². The van der Waals surface area contributed by atoms with Crippen molar-refractivity contribution in [2.45, 2.75) is 6.92 Å². The molecule has 0 aromatic heterocycles. The monoisotopic (exact) mass is 214 g/mol. The highest BCUT2D eigenvalue weighted by atomic mass is 16.3. The third kappa shape index (κ3) is 1.80. The van der Waals surface area contributed by atoms with E-state index in [9.17, 15) is 5.11 Å². The van der Waals surface area contributed by atoms with Gasteiger partial charge in [-0.05, 0) is 42.3 Å². The summed E-state index contributed by atoms with van der Waals surface area (Å²) in [5.41, 5.74) is 15.7. The van der Waals surface area contributed by atoms with Crippen LogP contribution in [0.4, 0.5) is 11.4 Å². The van der Waals surface area contributed by atoms with Crippen LogP contribution in [0.5, 0.6) is 5.75 Å². The van der Waals surface area contributed by atoms with Crippen LogP contribution in [0.1, 0.15) is 5.56 Å². The standard InChI is InChI=1S/C13H14N2O/c1-8-2-4-10(16)7-12(8)11-5-3-9(14)6-13(11)15/h2-7,16H,14-15H2,1H3. The molecule has 82 valence electrons. The van der Waals surface area contributed by atoms with Gasteiger partial charge in [-0.2, -0.15) is 0 Å². The van der Waals surface area contributed by atoms with E-state index in [2.05, 4.69) is 0 Å². The van der Waals surface area contributed by atoms with Crippen LogP contribution in [-0.2, 0) is 0 Å². The minimum atomic E-state index is 0.233. The maximum atomic E-state index is 9.48. The van der Waals surface area contributed by atoms with Crippen LogP contribution in [-0.4, -0.2) is 5.11 Å². The van der Waals surface area contributed by atoms with Gasteiger partial charge in [0.15, 0.2) is 0 Å². The summed E-state index contributed by atoms with van der Waals surface area (Å²) in [6.07, 6.45) is 0. The van der Waals surface area contributed by atoms with Crippen LogP contribution in [0.25, 0.3) is 11.1 Å². The molecule has 0 saturated carbocycles. The average Bonchev–Trinajstić information content (AvgIpc) is 2.22. The van der Waals surface area contributed by atoms with Gasteiger partial charge in [0.05, 0.1) is 0 Å². The number of anilines is 2. The van der Waals surface area contributed by atoms with E-state index in [0.717, 1.165) is 16.7 Å². The lowest BCUT2D eigenvalue weighted by molar-refractivity contribution is 0.475. The fourth-order valence-corrected chi connectivity index (χ4v) is 1.73. The van der Waals surface area contributed by atoms with Gasteiger partial charge < -0.3 is 16.6 Å². The minimum absolute atomic E-state index is 0.233. The normalized spacial score (nSPS) is 10.3. The average molecular weight is 214 g/mol. The molecular formula is C13H14N2O. The molecule has 0 radical (unpaired) electrons. The molecule has 0 spiro atoms. The third-order valence-electron chi connectivity index (χ3n) is 2.59. The molecule has 16 heavy (non-hydrogen) atoms. The maximum absolute atomic E-state index is 9.48. The number of nitrogen functional groups attached to an aromatic ring is 2. The number of hydrogen-bond acceptors (Lipinski definition) is 3. The summed E-state index contributed by atoms with van der Waals surface area (Å²) in [7, 11) is 0. The molecule has 2 aromatic carbocycles. The summed E-state index contributed by atoms with van der Waals surface area (Å²) in [6, 6.07) is 10.6. The molecule has 2 rings (SSSR count). The van der Waals surface area contributed by atoms with E-state index < -0.39 is 0 Å². The van der Waals surface area contributed by atoms with Crippen molar-refractivity contribution in [3.8, 4) is 16.9 Å². The van der Waals surface area contributed by atoms with Gasteiger partial charge >= 0.3 is 0 Å². The first-order chi connectivity index (χ1) is 7.58. The largest absolute Gasteiger partial charge is 0.508 e. The smallest absolute Gasteiger partial charge is 0.116 e. The zero-order chi connectivity index (χ0) is 11.7. The van der Waals surface area contributed by atoms with Crippen LogP contribution in [0.15, 0.2) is 36.4 Å². The van der Waals surface area contributed by atoms with Crippen molar-refractivity contribution in [1.82, 2.24) is 0 Å². The van der Waals surface area contributed by atoms with Crippen LogP contribution in [0.2, 0.25) is 0 Å². The SMILES string of the molecule is Cc1ccc(O)cc1-c1ccc(N)cc1N. The Labute approximate surface area is 94.3 Å². The summed E-state index contributed by atoms with van der Waals surface area (Å²) in [4.78, 5) is 0. The number of phenolic OH excluding ortho intramolecular Hbond substituents is 1. The van der Waals surface area contributed by atoms with Gasteiger partial charge in [-0.1, -0.05) is 12.1 Å². The first kappa shape index (κ1) is 10.4. The third-order valence-corrected chi connectivity index (χ3v) is 2.59. The van der Waals surface area contributed by atoms with Crippen molar-refractivity contribution in [3.05, 3.63) is 42.0 Å². The van der Waals surface area contributed by atoms with Crippen LogP contribution < -0.4 is 11.5 Å². The second kappa shape index (κ2) is 3.77. The number of aryl methyl sites for hydroxylation is 1. The van der Waals surface area contributed by atoms with Crippen molar-refractivity contribution in [2.24, 2.45) is 0 Å². The Bertz CT molecular complexity index is 535. The molecule has 0 unspecified atom stereocenters. The molecule has 0 amide bonds. The van der Waals surface area contributed by atoms with Gasteiger partial charge in [-0.3, -0.25) is 0 Å². The predicted octanol–water partition coefficient (Wildman–Crippen LogP) is 2.53. The molecule has 0 aliphatic heterocycles. The fourth-order valence-electron chi connectivity index (χ4n) is 1.73. The lowest BCUT2D eigenvalue weighted by Gasteiger charge is -2.10. The van der Waals surface area contributed by atoms with Crippen molar-refractivity contribution < 1.29 is 5.11 Å². The van der Waals surface area contributed by atoms with E-state index >= 15 is 0 Å². The summed E-state index contributed by atoms with van der Waals surface area (Å²) in [5, 5.41) is 9.48. The number of benzene rings is 2. The predicted molar refractivity (Wildman–Crippen MR) is 67.1 cm³/mol. The van der Waals surface area contributed by atoms with Crippen LogP contribution in [0, 0.1) is 6.92 Å². The van der Waals surface area contributed by atoms with Gasteiger partial charge in [0.1, 0.15) is 5.75 Å². The lowest BCUT2D eigenvalue weighted by Crippen LogP contribution is -1.94. The number of aromatic hydroxyl groups is 1. The molecule has 0 aliphatic rings. The Balaban J connectivity index is 2.62. The summed E-state index contributed by atoms with van der Waals surface area (Å²) in [5.74, 6) is 0.233. The summed E-state index contributed by atoms with van der Waals surface area (Å²) < 4.78 is 0. The molecule has 0 aliphatic carbocycles. The molecule has 0 fully saturated rings. The Hall–Kier alpha value is -2.16. The second-order valence-electron chi connectivity index (χ2n) is 3.85. The van der Waals surface area contributed by atoms with E-state index in [1.165, 1.54) is 0 Å². The molecule has 0 bridgehead atoms. The number of rotatable bonds is 1. The molecular weight excluding hydrogens is 200 g/mol. The van der Waals surface area contributed by atoms with Gasteiger partial charge in [-0.25, -0.2) is 0 Å². The van der Waals surface area contributed by atoms with Crippen LogP contribution in [0.3, 0.4) is 0 Å². The molecule has 2 aromatic rings. The Kier molecular flexibility index (Phi) is 2.44. The van der Waals surface area contributed by atoms with Gasteiger partial charge in [0, 0.05) is 16.9 Å². The Morgan fingerprint density at radius 3 is 2.38 bits per heavy atom. The van der Waals surface area contributed by atoms with E-state index in [1.807, 2.05) is 19.1 Å². The number of hydrogen-bond donors (Lipinski definition) is 3. The van der Waals surface area contributed by atoms with Gasteiger partial charge in [0.2, 0.25) is 0 Å². The molecule has 0 heterocycles. The van der Waals surface area contributed by atoms with E-state index in [0.29, 0.717) is 11.4 Å². The highest BCUT2D eigenvalue weighted by molar-refractivity contribution is 5.81. The Morgan fingerprint density at radius 2 is 1.69 bits per heavy atom. The number of nitrogens with two attached hydrogens (primary N) is 2. The van der Waals surface area contributed by atoms with Crippen molar-refractivity contribution in [2.75, 3.05) is 11.5 Å². The fraction of sp³-hybridized carbons (Fsp3) is 0.0769. The summed E-state index contributed by atoms with van der Waals surface area (Å²) >= 11 is 0. The van der Waals surface area contributed by atoms with Crippen molar-refractivity contribution in [1.29, 1.82) is 0 Å². The highest BCUT2D eigenvalue weighted by Crippen LogP contribution is 2.32. The molecule has 3 nitrogen and oxygen atoms in total. The molecule has 0 atom stereocenters. The van der Waals surface area contributed by atoms with Crippen LogP contribution >= 0.6 is 0 Å². The lowest BCUT2D eigenvalue weighted by atomic mass is 9.98. The highest BCUT2D eigenvalue weighted by Gasteiger charge is 2.06. The zero-order valence-corrected chi connectivity index (χ0v) is 9.07. The van der Waals surface area contributed by atoms with Crippen molar-refractivity contribution in [3.63, 3.8) is 0 Å². The first-order valence-corrected chi connectivity index (χ1v) is 5.03. The first-order valence-electron chi connectivity index (χ1n) is 5.03. The quantitative estimate of drug-likeness (QED) is 0.639. The topological polar surface area (TPSA) is 72.3 Å². The maximum Gasteiger partial charge on any atom is 0.116 e.